The summed E-state index contributed by atoms with van der Waals surface area (Å²) in [6, 6.07) is 0. The first-order valence-corrected chi connectivity index (χ1v) is 6.73. The molecule has 0 bridgehead atoms. The SMILES string of the molecule is CCCN(CC)CCN(CCC)CCC. The first-order valence-electron chi connectivity index (χ1n) is 6.73. The fourth-order valence-corrected chi connectivity index (χ4v) is 1.99. The van der Waals surface area contributed by atoms with Gasteiger partial charge in [-0.15, -0.1) is 0 Å². The molecule has 0 aliphatic heterocycles. The van der Waals surface area contributed by atoms with E-state index < -0.39 is 0 Å². The van der Waals surface area contributed by atoms with Crippen molar-refractivity contribution < 1.29 is 0 Å². The van der Waals surface area contributed by atoms with Gasteiger partial charge in [0.15, 0.2) is 0 Å². The van der Waals surface area contributed by atoms with E-state index in [1.807, 2.05) is 0 Å². The zero-order valence-electron chi connectivity index (χ0n) is 11.3. The van der Waals surface area contributed by atoms with Crippen LogP contribution in [0.5, 0.6) is 0 Å². The summed E-state index contributed by atoms with van der Waals surface area (Å²) in [6.45, 7) is 16.5. The van der Waals surface area contributed by atoms with Crippen LogP contribution >= 0.6 is 0 Å². The molecule has 0 aliphatic carbocycles. The third-order valence-electron chi connectivity index (χ3n) is 2.80. The molecule has 0 spiro atoms. The van der Waals surface area contributed by atoms with E-state index in [9.17, 15) is 0 Å². The molecule has 0 aliphatic rings. The van der Waals surface area contributed by atoms with Gasteiger partial charge in [0, 0.05) is 13.1 Å². The second-order valence-electron chi connectivity index (χ2n) is 4.28. The Hall–Kier alpha value is -0.0800. The molecule has 0 saturated heterocycles. The van der Waals surface area contributed by atoms with E-state index in [1.54, 1.807) is 0 Å². The second kappa shape index (κ2) is 10.4. The highest BCUT2D eigenvalue weighted by Gasteiger charge is 2.05. The van der Waals surface area contributed by atoms with E-state index in [2.05, 4.69) is 37.5 Å². The molecule has 92 valence electrons. The van der Waals surface area contributed by atoms with Crippen LogP contribution in [-0.4, -0.2) is 49.1 Å². The lowest BCUT2D eigenvalue weighted by atomic mass is 10.3. The van der Waals surface area contributed by atoms with Crippen molar-refractivity contribution in [2.24, 2.45) is 0 Å². The molecule has 0 heterocycles. The van der Waals surface area contributed by atoms with Gasteiger partial charge in [0.1, 0.15) is 0 Å². The van der Waals surface area contributed by atoms with E-state index in [-0.39, 0.29) is 0 Å². The molecule has 0 amide bonds. The quantitative estimate of drug-likeness (QED) is 0.552. The molecular formula is C13H30N2. The third-order valence-corrected chi connectivity index (χ3v) is 2.80. The van der Waals surface area contributed by atoms with Crippen molar-refractivity contribution in [3.05, 3.63) is 0 Å². The summed E-state index contributed by atoms with van der Waals surface area (Å²) < 4.78 is 0. The summed E-state index contributed by atoms with van der Waals surface area (Å²) in [6.07, 6.45) is 3.83. The van der Waals surface area contributed by atoms with Crippen molar-refractivity contribution in [2.75, 3.05) is 39.3 Å². The predicted octanol–water partition coefficient (Wildman–Crippen LogP) is 2.84. The topological polar surface area (TPSA) is 6.48 Å². The molecule has 0 rings (SSSR count). The van der Waals surface area contributed by atoms with E-state index in [4.69, 9.17) is 0 Å². The molecule has 0 fully saturated rings. The van der Waals surface area contributed by atoms with Gasteiger partial charge in [-0.3, -0.25) is 0 Å². The van der Waals surface area contributed by atoms with Crippen LogP contribution in [0.25, 0.3) is 0 Å². The Morgan fingerprint density at radius 1 is 0.533 bits per heavy atom. The van der Waals surface area contributed by atoms with Gasteiger partial charge in [-0.05, 0) is 45.4 Å². The van der Waals surface area contributed by atoms with E-state index >= 15 is 0 Å². The summed E-state index contributed by atoms with van der Waals surface area (Å²) in [5, 5.41) is 0. The highest BCUT2D eigenvalue weighted by molar-refractivity contribution is 4.61. The summed E-state index contributed by atoms with van der Waals surface area (Å²) in [7, 11) is 0. The van der Waals surface area contributed by atoms with Gasteiger partial charge in [-0.1, -0.05) is 27.7 Å². The Kier molecular flexibility index (Phi) is 10.4. The zero-order chi connectivity index (χ0) is 11.5. The van der Waals surface area contributed by atoms with Crippen LogP contribution in [0.2, 0.25) is 0 Å². The van der Waals surface area contributed by atoms with E-state index in [1.165, 1.54) is 58.5 Å². The highest BCUT2D eigenvalue weighted by atomic mass is 15.2. The molecule has 0 radical (unpaired) electrons. The minimum atomic E-state index is 1.19. The molecule has 0 unspecified atom stereocenters. The lowest BCUT2D eigenvalue weighted by Crippen LogP contribution is -2.36. The average molecular weight is 214 g/mol. The van der Waals surface area contributed by atoms with Gasteiger partial charge in [0.25, 0.3) is 0 Å². The normalized spacial score (nSPS) is 11.6. The molecule has 2 nitrogen and oxygen atoms in total. The molecule has 0 N–H and O–H groups in total. The van der Waals surface area contributed by atoms with Crippen molar-refractivity contribution >= 4 is 0 Å². The third kappa shape index (κ3) is 7.80. The minimum Gasteiger partial charge on any atom is -0.302 e. The maximum absolute atomic E-state index is 2.60. The van der Waals surface area contributed by atoms with E-state index in [0.717, 1.165) is 0 Å². The van der Waals surface area contributed by atoms with Gasteiger partial charge in [0.2, 0.25) is 0 Å². The monoisotopic (exact) mass is 214 g/mol. The van der Waals surface area contributed by atoms with Crippen LogP contribution in [0.4, 0.5) is 0 Å². The Morgan fingerprint density at radius 3 is 1.33 bits per heavy atom. The lowest BCUT2D eigenvalue weighted by molar-refractivity contribution is 0.209. The van der Waals surface area contributed by atoms with E-state index in [0.29, 0.717) is 0 Å². The van der Waals surface area contributed by atoms with Crippen LogP contribution < -0.4 is 0 Å². The fraction of sp³-hybridized carbons (Fsp3) is 1.00. The Balaban J connectivity index is 3.73. The standard InChI is InChI=1S/C13H30N2/c1-5-9-14(8-4)12-13-15(10-6-2)11-7-3/h5-13H2,1-4H3. The number of rotatable bonds is 10. The molecule has 0 aromatic carbocycles. The van der Waals surface area contributed by atoms with Gasteiger partial charge in [-0.2, -0.15) is 0 Å². The van der Waals surface area contributed by atoms with Crippen molar-refractivity contribution in [3.63, 3.8) is 0 Å². The number of hydrogen-bond donors (Lipinski definition) is 0. The molecule has 0 aromatic rings. The Morgan fingerprint density at radius 2 is 0.933 bits per heavy atom. The minimum absolute atomic E-state index is 1.19. The molecule has 0 saturated carbocycles. The second-order valence-corrected chi connectivity index (χ2v) is 4.28. The smallest absolute Gasteiger partial charge is 0.0109 e. The first kappa shape index (κ1) is 14.9. The van der Waals surface area contributed by atoms with Crippen molar-refractivity contribution in [3.8, 4) is 0 Å². The van der Waals surface area contributed by atoms with Crippen molar-refractivity contribution in [1.82, 2.24) is 9.80 Å². The van der Waals surface area contributed by atoms with Crippen LogP contribution in [-0.2, 0) is 0 Å². The number of nitrogens with zero attached hydrogens (tertiary/aromatic N) is 2. The number of likely N-dealkylation sites (N-methyl/N-ethyl adjacent to an activating group) is 1. The predicted molar refractivity (Wildman–Crippen MR) is 69.4 cm³/mol. The Labute approximate surface area is 96.6 Å². The summed E-state index contributed by atoms with van der Waals surface area (Å²) >= 11 is 0. The van der Waals surface area contributed by atoms with Gasteiger partial charge in [0.05, 0.1) is 0 Å². The summed E-state index contributed by atoms with van der Waals surface area (Å²) in [5.41, 5.74) is 0. The van der Waals surface area contributed by atoms with Crippen LogP contribution in [0.15, 0.2) is 0 Å². The van der Waals surface area contributed by atoms with Crippen LogP contribution in [0.3, 0.4) is 0 Å². The van der Waals surface area contributed by atoms with Gasteiger partial charge in [-0.25, -0.2) is 0 Å². The Bertz CT molecular complexity index is 120. The van der Waals surface area contributed by atoms with Crippen molar-refractivity contribution in [1.29, 1.82) is 0 Å². The first-order chi connectivity index (χ1) is 7.28. The van der Waals surface area contributed by atoms with Gasteiger partial charge < -0.3 is 9.80 Å². The van der Waals surface area contributed by atoms with Crippen LogP contribution in [0.1, 0.15) is 47.0 Å². The molecule has 0 atom stereocenters. The summed E-state index contributed by atoms with van der Waals surface area (Å²) in [4.78, 5) is 5.15. The molecule has 15 heavy (non-hydrogen) atoms. The van der Waals surface area contributed by atoms with Crippen LogP contribution in [0, 0.1) is 0 Å². The summed E-state index contributed by atoms with van der Waals surface area (Å²) in [5.74, 6) is 0. The maximum Gasteiger partial charge on any atom is 0.0109 e. The van der Waals surface area contributed by atoms with Gasteiger partial charge >= 0.3 is 0 Å². The highest BCUT2D eigenvalue weighted by Crippen LogP contribution is 1.97. The largest absolute Gasteiger partial charge is 0.302 e. The molecule has 2 heteroatoms. The number of hydrogen-bond acceptors (Lipinski definition) is 2. The van der Waals surface area contributed by atoms with Crippen molar-refractivity contribution in [2.45, 2.75) is 47.0 Å². The fourth-order valence-electron chi connectivity index (χ4n) is 1.99. The molecule has 0 aromatic heterocycles. The zero-order valence-corrected chi connectivity index (χ0v) is 11.3. The molecular weight excluding hydrogens is 184 g/mol. The maximum atomic E-state index is 2.60. The average Bonchev–Trinajstić information content (AvgIpc) is 2.24. The lowest BCUT2D eigenvalue weighted by Gasteiger charge is -2.26.